The fourth-order valence-corrected chi connectivity index (χ4v) is 4.68. The zero-order valence-electron chi connectivity index (χ0n) is 19.7. The Morgan fingerprint density at radius 1 is 1.12 bits per heavy atom. The highest BCUT2D eigenvalue weighted by Gasteiger charge is 2.28. The second-order valence-electron chi connectivity index (χ2n) is 10.0. The lowest BCUT2D eigenvalue weighted by Crippen LogP contribution is -2.46. The molecule has 174 valence electrons. The Balaban J connectivity index is 1.37. The maximum atomic E-state index is 12.9. The number of carbonyl (C=O) groups is 2. The summed E-state index contributed by atoms with van der Waals surface area (Å²) < 4.78 is 7.05. The second kappa shape index (κ2) is 9.10. The standard InChI is InChI=1S/C24H35N5O3/c1-17-13-21-18(14-20(17)25-23(31)32-24(2,3)4)15-29(26-21)16-22(30)28-11-7-19(8-12-28)27-9-5-6-10-27/h13-15,19H,5-12,16H2,1-4H3,(H,25,31). The number of aromatic nitrogens is 2. The number of likely N-dealkylation sites (tertiary alicyclic amines) is 2. The van der Waals surface area contributed by atoms with Crippen LogP contribution in [0.4, 0.5) is 10.5 Å². The summed E-state index contributed by atoms with van der Waals surface area (Å²) in [6.45, 7) is 11.7. The van der Waals surface area contributed by atoms with Crippen molar-refractivity contribution in [2.45, 2.75) is 71.6 Å². The van der Waals surface area contributed by atoms with Gasteiger partial charge in [0.25, 0.3) is 0 Å². The Morgan fingerprint density at radius 2 is 1.81 bits per heavy atom. The van der Waals surface area contributed by atoms with E-state index in [2.05, 4.69) is 15.3 Å². The molecule has 1 N–H and O–H groups in total. The van der Waals surface area contributed by atoms with Crippen LogP contribution in [0.2, 0.25) is 0 Å². The molecule has 2 saturated heterocycles. The van der Waals surface area contributed by atoms with E-state index in [4.69, 9.17) is 4.74 Å². The van der Waals surface area contributed by atoms with Gasteiger partial charge in [0.05, 0.1) is 5.52 Å². The molecule has 0 atom stereocenters. The number of rotatable bonds is 4. The fraction of sp³-hybridized carbons (Fsp3) is 0.625. The maximum Gasteiger partial charge on any atom is 0.412 e. The van der Waals surface area contributed by atoms with Crippen molar-refractivity contribution < 1.29 is 14.3 Å². The van der Waals surface area contributed by atoms with Crippen molar-refractivity contribution in [1.82, 2.24) is 19.6 Å². The number of ether oxygens (including phenoxy) is 1. The lowest BCUT2D eigenvalue weighted by Gasteiger charge is -2.36. The quantitative estimate of drug-likeness (QED) is 0.781. The first-order valence-corrected chi connectivity index (χ1v) is 11.7. The molecule has 2 amide bonds. The third-order valence-corrected chi connectivity index (χ3v) is 6.31. The van der Waals surface area contributed by atoms with Gasteiger partial charge in [0.15, 0.2) is 0 Å². The van der Waals surface area contributed by atoms with Crippen molar-refractivity contribution in [2.24, 2.45) is 0 Å². The molecule has 4 rings (SSSR count). The minimum Gasteiger partial charge on any atom is -0.444 e. The predicted molar refractivity (Wildman–Crippen MR) is 125 cm³/mol. The van der Waals surface area contributed by atoms with Crippen molar-refractivity contribution in [3.63, 3.8) is 0 Å². The maximum absolute atomic E-state index is 12.9. The molecular formula is C24H35N5O3. The summed E-state index contributed by atoms with van der Waals surface area (Å²) in [6, 6.07) is 4.43. The minimum atomic E-state index is -0.559. The molecule has 0 unspecified atom stereocenters. The Hall–Kier alpha value is -2.61. The van der Waals surface area contributed by atoms with Crippen LogP contribution in [0.25, 0.3) is 10.9 Å². The normalized spacial score (nSPS) is 18.3. The number of hydrogen-bond donors (Lipinski definition) is 1. The monoisotopic (exact) mass is 441 g/mol. The van der Waals surface area contributed by atoms with Crippen molar-refractivity contribution >= 4 is 28.6 Å². The number of benzene rings is 1. The summed E-state index contributed by atoms with van der Waals surface area (Å²) in [5.41, 5.74) is 1.82. The molecule has 8 heteroatoms. The molecule has 0 bridgehead atoms. The summed E-state index contributed by atoms with van der Waals surface area (Å²) in [5, 5.41) is 8.27. The van der Waals surface area contributed by atoms with E-state index < -0.39 is 11.7 Å². The van der Waals surface area contributed by atoms with Crippen LogP contribution in [-0.4, -0.2) is 69.4 Å². The van der Waals surface area contributed by atoms with Crippen molar-refractivity contribution in [3.05, 3.63) is 23.9 Å². The average molecular weight is 442 g/mol. The molecule has 32 heavy (non-hydrogen) atoms. The number of nitrogens with zero attached hydrogens (tertiary/aromatic N) is 4. The van der Waals surface area contributed by atoms with Crippen molar-refractivity contribution in [1.29, 1.82) is 0 Å². The lowest BCUT2D eigenvalue weighted by atomic mass is 10.0. The number of carbonyl (C=O) groups excluding carboxylic acids is 2. The van der Waals surface area contributed by atoms with Crippen LogP contribution < -0.4 is 5.32 Å². The SMILES string of the molecule is Cc1cc2nn(CC(=O)N3CCC(N4CCCC4)CC3)cc2cc1NC(=O)OC(C)(C)C. The molecule has 0 aliphatic carbocycles. The Bertz CT molecular complexity index is 979. The molecule has 1 aromatic heterocycles. The summed E-state index contributed by atoms with van der Waals surface area (Å²) >= 11 is 0. The van der Waals surface area contributed by atoms with Crippen LogP contribution >= 0.6 is 0 Å². The second-order valence-corrected chi connectivity index (χ2v) is 10.0. The van der Waals surface area contributed by atoms with Gasteiger partial charge in [-0.25, -0.2) is 4.79 Å². The van der Waals surface area contributed by atoms with Crippen LogP contribution in [0, 0.1) is 6.92 Å². The van der Waals surface area contributed by atoms with Gasteiger partial charge in [-0.05, 0) is 84.2 Å². The van der Waals surface area contributed by atoms with Crippen LogP contribution in [0.5, 0.6) is 0 Å². The number of hydrogen-bond acceptors (Lipinski definition) is 5. The number of fused-ring (bicyclic) bond motifs is 1. The van der Waals surface area contributed by atoms with E-state index in [0.717, 1.165) is 42.4 Å². The molecule has 8 nitrogen and oxygen atoms in total. The Labute approximate surface area is 189 Å². The molecule has 2 fully saturated rings. The topological polar surface area (TPSA) is 79.7 Å². The summed E-state index contributed by atoms with van der Waals surface area (Å²) in [7, 11) is 0. The number of amides is 2. The lowest BCUT2D eigenvalue weighted by molar-refractivity contribution is -0.133. The van der Waals surface area contributed by atoms with Gasteiger partial charge in [-0.3, -0.25) is 14.8 Å². The van der Waals surface area contributed by atoms with Gasteiger partial charge in [-0.1, -0.05) is 0 Å². The van der Waals surface area contributed by atoms with E-state index in [1.807, 2.05) is 50.9 Å². The van der Waals surface area contributed by atoms with E-state index >= 15 is 0 Å². The van der Waals surface area contributed by atoms with Crippen LogP contribution in [0.15, 0.2) is 18.3 Å². The highest BCUT2D eigenvalue weighted by Crippen LogP contribution is 2.24. The molecule has 2 aliphatic heterocycles. The van der Waals surface area contributed by atoms with Crippen molar-refractivity contribution in [3.8, 4) is 0 Å². The highest BCUT2D eigenvalue weighted by molar-refractivity contribution is 5.91. The van der Waals surface area contributed by atoms with Gasteiger partial charge in [0.2, 0.25) is 5.91 Å². The number of piperidine rings is 1. The third kappa shape index (κ3) is 5.41. The van der Waals surface area contributed by atoms with Gasteiger partial charge in [0, 0.05) is 36.4 Å². The van der Waals surface area contributed by atoms with Gasteiger partial charge >= 0.3 is 6.09 Å². The van der Waals surface area contributed by atoms with E-state index in [1.165, 1.54) is 25.9 Å². The first-order chi connectivity index (χ1) is 15.2. The Kier molecular flexibility index (Phi) is 6.42. The molecule has 2 aliphatic rings. The van der Waals surface area contributed by atoms with Gasteiger partial charge in [-0.2, -0.15) is 5.10 Å². The molecule has 0 radical (unpaired) electrons. The molecule has 3 heterocycles. The number of nitrogens with one attached hydrogen (secondary N) is 1. The molecular weight excluding hydrogens is 406 g/mol. The summed E-state index contributed by atoms with van der Waals surface area (Å²) in [4.78, 5) is 29.6. The predicted octanol–water partition coefficient (Wildman–Crippen LogP) is 3.78. The zero-order valence-corrected chi connectivity index (χ0v) is 19.7. The zero-order chi connectivity index (χ0) is 22.9. The van der Waals surface area contributed by atoms with E-state index in [9.17, 15) is 9.59 Å². The minimum absolute atomic E-state index is 0.113. The summed E-state index contributed by atoms with van der Waals surface area (Å²) in [6.07, 6.45) is 6.11. The first kappa shape index (κ1) is 22.6. The summed E-state index contributed by atoms with van der Waals surface area (Å²) in [5.74, 6) is 0.113. The van der Waals surface area contributed by atoms with Gasteiger partial charge in [-0.15, -0.1) is 0 Å². The number of aryl methyl sites for hydroxylation is 1. The van der Waals surface area contributed by atoms with E-state index in [-0.39, 0.29) is 12.5 Å². The molecule has 1 aromatic carbocycles. The third-order valence-electron chi connectivity index (χ3n) is 6.31. The van der Waals surface area contributed by atoms with Crippen LogP contribution in [0.3, 0.4) is 0 Å². The highest BCUT2D eigenvalue weighted by atomic mass is 16.6. The average Bonchev–Trinajstić information content (AvgIpc) is 3.36. The van der Waals surface area contributed by atoms with Gasteiger partial charge in [0.1, 0.15) is 12.1 Å². The molecule has 0 spiro atoms. The number of anilines is 1. The van der Waals surface area contributed by atoms with Crippen molar-refractivity contribution in [2.75, 3.05) is 31.5 Å². The molecule has 2 aromatic rings. The Morgan fingerprint density at radius 3 is 2.47 bits per heavy atom. The fourth-order valence-electron chi connectivity index (χ4n) is 4.68. The molecule has 0 saturated carbocycles. The first-order valence-electron chi connectivity index (χ1n) is 11.7. The largest absolute Gasteiger partial charge is 0.444 e. The van der Waals surface area contributed by atoms with E-state index in [0.29, 0.717) is 11.7 Å². The van der Waals surface area contributed by atoms with Crippen LogP contribution in [0.1, 0.15) is 52.0 Å². The smallest absolute Gasteiger partial charge is 0.412 e. The van der Waals surface area contributed by atoms with Gasteiger partial charge < -0.3 is 14.5 Å². The van der Waals surface area contributed by atoms with Crippen LogP contribution in [-0.2, 0) is 16.1 Å². The van der Waals surface area contributed by atoms with E-state index in [1.54, 1.807) is 4.68 Å².